The van der Waals surface area contributed by atoms with Gasteiger partial charge in [-0.25, -0.2) is 9.79 Å². The molecular formula is C18H23ClN2O3. The maximum absolute atomic E-state index is 12.1. The third-order valence-corrected chi connectivity index (χ3v) is 4.41. The zero-order valence-corrected chi connectivity index (χ0v) is 15.1. The number of amides is 1. The average Bonchev–Trinajstić information content (AvgIpc) is 2.52. The lowest BCUT2D eigenvalue weighted by atomic mass is 9.92. The van der Waals surface area contributed by atoms with Crippen LogP contribution in [0.1, 0.15) is 33.6 Å². The van der Waals surface area contributed by atoms with Gasteiger partial charge in [0.15, 0.2) is 0 Å². The molecule has 1 fully saturated rings. The van der Waals surface area contributed by atoms with Crippen molar-refractivity contribution in [1.82, 2.24) is 4.90 Å². The van der Waals surface area contributed by atoms with Crippen LogP contribution in [0.3, 0.4) is 0 Å². The van der Waals surface area contributed by atoms with E-state index in [1.807, 2.05) is 32.9 Å². The first kappa shape index (κ1) is 17.1. The van der Waals surface area contributed by atoms with E-state index < -0.39 is 5.60 Å². The van der Waals surface area contributed by atoms with E-state index in [2.05, 4.69) is 0 Å². The Balaban J connectivity index is 1.62. The number of aliphatic imine (C=N–C) groups is 1. The summed E-state index contributed by atoms with van der Waals surface area (Å²) in [7, 11) is 0. The van der Waals surface area contributed by atoms with Crippen molar-refractivity contribution >= 4 is 29.1 Å². The topological polar surface area (TPSA) is 51.1 Å². The Kier molecular flexibility index (Phi) is 4.72. The first-order valence-electron chi connectivity index (χ1n) is 8.29. The van der Waals surface area contributed by atoms with Crippen LogP contribution in [0.15, 0.2) is 23.2 Å². The van der Waals surface area contributed by atoms with Crippen molar-refractivity contribution in [1.29, 1.82) is 0 Å². The fraction of sp³-hybridized carbons (Fsp3) is 0.556. The quantitative estimate of drug-likeness (QED) is 0.751. The van der Waals surface area contributed by atoms with Crippen molar-refractivity contribution in [3.8, 4) is 5.75 Å². The summed E-state index contributed by atoms with van der Waals surface area (Å²) in [6.07, 6.45) is 1.51. The molecule has 5 nitrogen and oxygen atoms in total. The molecule has 0 radical (unpaired) electrons. The molecule has 0 spiro atoms. The molecule has 1 saturated heterocycles. The molecule has 0 aliphatic carbocycles. The van der Waals surface area contributed by atoms with Gasteiger partial charge in [-0.05, 0) is 51.8 Å². The lowest BCUT2D eigenvalue weighted by Crippen LogP contribution is -2.43. The van der Waals surface area contributed by atoms with E-state index in [0.29, 0.717) is 30.6 Å². The summed E-state index contributed by atoms with van der Waals surface area (Å²) >= 11 is 6.03. The predicted molar refractivity (Wildman–Crippen MR) is 94.6 cm³/mol. The predicted octanol–water partition coefficient (Wildman–Crippen LogP) is 4.45. The molecular weight excluding hydrogens is 328 g/mol. The van der Waals surface area contributed by atoms with E-state index in [4.69, 9.17) is 26.1 Å². The largest absolute Gasteiger partial charge is 0.485 e. The second-order valence-electron chi connectivity index (χ2n) is 7.25. The molecule has 24 heavy (non-hydrogen) atoms. The summed E-state index contributed by atoms with van der Waals surface area (Å²) in [5, 5.41) is 0.655. The van der Waals surface area contributed by atoms with Crippen LogP contribution in [0.2, 0.25) is 5.02 Å². The van der Waals surface area contributed by atoms with E-state index in [0.717, 1.165) is 30.0 Å². The van der Waals surface area contributed by atoms with Crippen molar-refractivity contribution in [2.24, 2.45) is 10.9 Å². The van der Waals surface area contributed by atoms with Gasteiger partial charge in [-0.2, -0.15) is 0 Å². The zero-order chi connectivity index (χ0) is 17.3. The van der Waals surface area contributed by atoms with Gasteiger partial charge in [-0.3, -0.25) is 0 Å². The van der Waals surface area contributed by atoms with Crippen LogP contribution in [0, 0.1) is 5.92 Å². The van der Waals surface area contributed by atoms with Crippen molar-refractivity contribution in [3.05, 3.63) is 23.2 Å². The van der Waals surface area contributed by atoms with Gasteiger partial charge in [0.05, 0.1) is 5.71 Å². The molecule has 0 saturated carbocycles. The van der Waals surface area contributed by atoms with Gasteiger partial charge in [0, 0.05) is 24.0 Å². The van der Waals surface area contributed by atoms with Crippen LogP contribution in [-0.2, 0) is 4.74 Å². The number of fused-ring (bicyclic) bond motifs is 1. The molecule has 1 aromatic carbocycles. The van der Waals surface area contributed by atoms with Gasteiger partial charge in [-0.1, -0.05) is 11.6 Å². The molecule has 0 atom stereocenters. The molecule has 2 heterocycles. The van der Waals surface area contributed by atoms with Crippen molar-refractivity contribution in [2.45, 2.75) is 39.2 Å². The smallest absolute Gasteiger partial charge is 0.410 e. The van der Waals surface area contributed by atoms with E-state index >= 15 is 0 Å². The molecule has 130 valence electrons. The van der Waals surface area contributed by atoms with Gasteiger partial charge < -0.3 is 14.4 Å². The lowest BCUT2D eigenvalue weighted by Gasteiger charge is -2.34. The Morgan fingerprint density at radius 1 is 1.33 bits per heavy atom. The Morgan fingerprint density at radius 3 is 2.71 bits per heavy atom. The summed E-state index contributed by atoms with van der Waals surface area (Å²) in [5.41, 5.74) is 1.37. The molecule has 2 aliphatic heterocycles. The first-order chi connectivity index (χ1) is 11.3. The van der Waals surface area contributed by atoms with E-state index in [-0.39, 0.29) is 6.09 Å². The maximum Gasteiger partial charge on any atom is 0.410 e. The van der Waals surface area contributed by atoms with Crippen LogP contribution in [0.4, 0.5) is 10.5 Å². The normalized spacial score (nSPS) is 18.5. The van der Waals surface area contributed by atoms with Gasteiger partial charge >= 0.3 is 6.09 Å². The Bertz CT molecular complexity index is 659. The van der Waals surface area contributed by atoms with E-state index in [9.17, 15) is 4.79 Å². The second-order valence-corrected chi connectivity index (χ2v) is 7.68. The molecule has 0 aromatic heterocycles. The summed E-state index contributed by atoms with van der Waals surface area (Å²) < 4.78 is 11.2. The standard InChI is InChI=1S/C18H23ClN2O3/c1-18(2,3)24-17(22)21-8-6-12(7-9-21)15-11-23-16-5-4-13(19)10-14(16)20-15/h4-5,10,12H,6-9,11H2,1-3H3. The number of halogens is 1. The Morgan fingerprint density at radius 2 is 2.04 bits per heavy atom. The summed E-state index contributed by atoms with van der Waals surface area (Å²) in [5.74, 6) is 1.10. The van der Waals surface area contributed by atoms with Crippen LogP contribution in [0.5, 0.6) is 5.75 Å². The number of hydrogen-bond donors (Lipinski definition) is 0. The molecule has 0 N–H and O–H groups in total. The third-order valence-electron chi connectivity index (χ3n) is 4.18. The molecule has 6 heteroatoms. The minimum atomic E-state index is -0.460. The fourth-order valence-corrected chi connectivity index (χ4v) is 3.14. The molecule has 0 unspecified atom stereocenters. The highest BCUT2D eigenvalue weighted by Crippen LogP contribution is 2.35. The minimum Gasteiger partial charge on any atom is -0.485 e. The molecule has 0 bridgehead atoms. The number of carbonyl (C=O) groups excluding carboxylic acids is 1. The molecule has 1 amide bonds. The summed E-state index contributed by atoms with van der Waals surface area (Å²) in [6, 6.07) is 5.48. The maximum atomic E-state index is 12.1. The number of piperidine rings is 1. The third kappa shape index (κ3) is 4.01. The number of rotatable bonds is 1. The minimum absolute atomic E-state index is 0.236. The highest BCUT2D eigenvalue weighted by atomic mass is 35.5. The van der Waals surface area contributed by atoms with Crippen molar-refractivity contribution in [2.75, 3.05) is 19.7 Å². The first-order valence-corrected chi connectivity index (χ1v) is 8.67. The van der Waals surface area contributed by atoms with Crippen molar-refractivity contribution < 1.29 is 14.3 Å². The van der Waals surface area contributed by atoms with Crippen LogP contribution < -0.4 is 4.74 Å². The SMILES string of the molecule is CC(C)(C)OC(=O)N1CCC(C2=Nc3cc(Cl)ccc3OC2)CC1. The van der Waals surface area contributed by atoms with Gasteiger partial charge in [0.2, 0.25) is 0 Å². The zero-order valence-electron chi connectivity index (χ0n) is 14.3. The van der Waals surface area contributed by atoms with Crippen LogP contribution in [-0.4, -0.2) is 42.0 Å². The van der Waals surface area contributed by atoms with Crippen molar-refractivity contribution in [3.63, 3.8) is 0 Å². The molecule has 2 aliphatic rings. The second kappa shape index (κ2) is 6.63. The summed E-state index contributed by atoms with van der Waals surface area (Å²) in [4.78, 5) is 18.6. The summed E-state index contributed by atoms with van der Waals surface area (Å²) in [6.45, 7) is 7.52. The lowest BCUT2D eigenvalue weighted by molar-refractivity contribution is 0.0201. The Labute approximate surface area is 147 Å². The van der Waals surface area contributed by atoms with Gasteiger partial charge in [-0.15, -0.1) is 0 Å². The van der Waals surface area contributed by atoms with Gasteiger partial charge in [0.25, 0.3) is 0 Å². The Hall–Kier alpha value is -1.75. The highest BCUT2D eigenvalue weighted by molar-refractivity contribution is 6.31. The molecule has 1 aromatic rings. The number of carbonyl (C=O) groups is 1. The van der Waals surface area contributed by atoms with Gasteiger partial charge in [0.1, 0.15) is 23.6 Å². The van der Waals surface area contributed by atoms with E-state index in [1.54, 1.807) is 11.0 Å². The number of ether oxygens (including phenoxy) is 2. The number of nitrogens with zero attached hydrogens (tertiary/aromatic N) is 2. The number of likely N-dealkylation sites (tertiary alicyclic amines) is 1. The van der Waals surface area contributed by atoms with E-state index in [1.165, 1.54) is 0 Å². The monoisotopic (exact) mass is 350 g/mol. The average molecular weight is 351 g/mol. The number of benzene rings is 1. The highest BCUT2D eigenvalue weighted by Gasteiger charge is 2.30. The fourth-order valence-electron chi connectivity index (χ4n) is 2.97. The molecule has 3 rings (SSSR count). The number of hydrogen-bond acceptors (Lipinski definition) is 4. The van der Waals surface area contributed by atoms with Crippen LogP contribution >= 0.6 is 11.6 Å². The van der Waals surface area contributed by atoms with Crippen LogP contribution in [0.25, 0.3) is 0 Å².